The van der Waals surface area contributed by atoms with Gasteiger partial charge in [0.1, 0.15) is 5.60 Å². The van der Waals surface area contributed by atoms with Gasteiger partial charge in [-0.25, -0.2) is 0 Å². The zero-order valence-electron chi connectivity index (χ0n) is 8.72. The van der Waals surface area contributed by atoms with Crippen molar-refractivity contribution in [3.05, 3.63) is 11.6 Å². The quantitative estimate of drug-likeness (QED) is 0.613. The molecule has 74 valence electrons. The van der Waals surface area contributed by atoms with Gasteiger partial charge in [-0.2, -0.15) is 0 Å². The molecule has 2 nitrogen and oxygen atoms in total. The second-order valence-electron chi connectivity index (χ2n) is 4.12. The van der Waals surface area contributed by atoms with Crippen LogP contribution in [0, 0.1) is 0 Å². The van der Waals surface area contributed by atoms with Crippen LogP contribution in [0.1, 0.15) is 40.0 Å². The second kappa shape index (κ2) is 4.05. The first-order valence-electron chi connectivity index (χ1n) is 4.88. The van der Waals surface area contributed by atoms with Gasteiger partial charge >= 0.3 is 0 Å². The van der Waals surface area contributed by atoms with Crippen molar-refractivity contribution in [2.75, 3.05) is 6.61 Å². The predicted octanol–water partition coefficient (Wildman–Crippen LogP) is 2.48. The van der Waals surface area contributed by atoms with E-state index in [0.717, 1.165) is 31.4 Å². The highest BCUT2D eigenvalue weighted by molar-refractivity contribution is 5.97. The van der Waals surface area contributed by atoms with E-state index in [4.69, 9.17) is 4.74 Å². The van der Waals surface area contributed by atoms with Gasteiger partial charge < -0.3 is 4.74 Å². The number of ether oxygens (including phenoxy) is 1. The lowest BCUT2D eigenvalue weighted by atomic mass is 9.90. The van der Waals surface area contributed by atoms with Crippen molar-refractivity contribution in [2.45, 2.75) is 45.6 Å². The number of carbonyl (C=O) groups excluding carboxylic acids is 1. The Morgan fingerprint density at radius 2 is 2.08 bits per heavy atom. The van der Waals surface area contributed by atoms with Gasteiger partial charge in [0.25, 0.3) is 0 Å². The summed E-state index contributed by atoms with van der Waals surface area (Å²) in [5.74, 6) is 0.118. The Balaban J connectivity index is 2.67. The van der Waals surface area contributed by atoms with Crippen molar-refractivity contribution < 1.29 is 9.53 Å². The van der Waals surface area contributed by atoms with E-state index >= 15 is 0 Å². The van der Waals surface area contributed by atoms with Crippen LogP contribution in [0.25, 0.3) is 0 Å². The number of carbonyl (C=O) groups is 1. The maximum absolute atomic E-state index is 11.7. The van der Waals surface area contributed by atoms with Crippen LogP contribution in [-0.4, -0.2) is 18.0 Å². The van der Waals surface area contributed by atoms with Gasteiger partial charge in [0.2, 0.25) is 0 Å². The van der Waals surface area contributed by atoms with Crippen molar-refractivity contribution in [2.24, 2.45) is 0 Å². The Bertz CT molecular complexity index is 218. The van der Waals surface area contributed by atoms with Gasteiger partial charge in [-0.15, -0.1) is 0 Å². The van der Waals surface area contributed by atoms with E-state index in [1.807, 2.05) is 20.8 Å². The molecule has 1 aliphatic heterocycles. The minimum atomic E-state index is -0.546. The van der Waals surface area contributed by atoms with Crippen LogP contribution in [0.15, 0.2) is 11.6 Å². The van der Waals surface area contributed by atoms with E-state index in [9.17, 15) is 4.79 Å². The van der Waals surface area contributed by atoms with Crippen LogP contribution < -0.4 is 0 Å². The summed E-state index contributed by atoms with van der Waals surface area (Å²) in [6.45, 7) is 6.49. The first kappa shape index (κ1) is 10.5. The third-order valence-electron chi connectivity index (χ3n) is 2.41. The second-order valence-corrected chi connectivity index (χ2v) is 4.12. The largest absolute Gasteiger partial charge is 0.367 e. The molecule has 1 saturated heterocycles. The normalized spacial score (nSPS) is 28.2. The average Bonchev–Trinajstić information content (AvgIpc) is 2.04. The van der Waals surface area contributed by atoms with Gasteiger partial charge in [-0.1, -0.05) is 5.57 Å². The van der Waals surface area contributed by atoms with E-state index < -0.39 is 5.60 Å². The molecule has 0 radical (unpaired) electrons. The standard InChI is InChI=1S/C11H18O2/c1-9(2)8-10(12)11(3)6-4-5-7-13-11/h8H,4-7H2,1-3H3. The van der Waals surface area contributed by atoms with E-state index in [-0.39, 0.29) is 5.78 Å². The van der Waals surface area contributed by atoms with Gasteiger partial charge in [0.05, 0.1) is 0 Å². The molecule has 0 bridgehead atoms. The summed E-state index contributed by atoms with van der Waals surface area (Å²) < 4.78 is 5.53. The van der Waals surface area contributed by atoms with Crippen LogP contribution in [0.3, 0.4) is 0 Å². The molecule has 0 aromatic rings. The van der Waals surface area contributed by atoms with Gasteiger partial charge in [-0.3, -0.25) is 4.79 Å². The number of hydrogen-bond acceptors (Lipinski definition) is 2. The fraction of sp³-hybridized carbons (Fsp3) is 0.727. The zero-order valence-corrected chi connectivity index (χ0v) is 8.72. The minimum absolute atomic E-state index is 0.118. The van der Waals surface area contributed by atoms with Crippen LogP contribution in [0.5, 0.6) is 0 Å². The van der Waals surface area contributed by atoms with Crippen molar-refractivity contribution in [1.29, 1.82) is 0 Å². The maximum Gasteiger partial charge on any atom is 0.187 e. The van der Waals surface area contributed by atoms with E-state index in [0.29, 0.717) is 0 Å². The summed E-state index contributed by atoms with van der Waals surface area (Å²) in [6.07, 6.45) is 4.72. The van der Waals surface area contributed by atoms with E-state index in [1.165, 1.54) is 0 Å². The number of rotatable bonds is 2. The summed E-state index contributed by atoms with van der Waals surface area (Å²) in [5, 5.41) is 0. The summed E-state index contributed by atoms with van der Waals surface area (Å²) in [4.78, 5) is 11.7. The Labute approximate surface area is 80.0 Å². The SMILES string of the molecule is CC(C)=CC(=O)C1(C)CCCCO1. The highest BCUT2D eigenvalue weighted by Gasteiger charge is 2.33. The van der Waals surface area contributed by atoms with Gasteiger partial charge in [0.15, 0.2) is 5.78 Å². The third kappa shape index (κ3) is 2.66. The van der Waals surface area contributed by atoms with Gasteiger partial charge in [-0.05, 0) is 46.1 Å². The molecule has 1 aliphatic rings. The molecule has 0 aliphatic carbocycles. The van der Waals surface area contributed by atoms with E-state index in [1.54, 1.807) is 6.08 Å². The third-order valence-corrected chi connectivity index (χ3v) is 2.41. The molecule has 1 fully saturated rings. The van der Waals surface area contributed by atoms with Crippen LogP contribution in [0.4, 0.5) is 0 Å². The maximum atomic E-state index is 11.7. The number of hydrogen-bond donors (Lipinski definition) is 0. The van der Waals surface area contributed by atoms with Crippen LogP contribution in [-0.2, 0) is 9.53 Å². The molecule has 0 amide bonds. The summed E-state index contributed by atoms with van der Waals surface area (Å²) in [7, 11) is 0. The van der Waals surface area contributed by atoms with Crippen molar-refractivity contribution >= 4 is 5.78 Å². The molecular formula is C11H18O2. The molecule has 1 unspecified atom stereocenters. The Morgan fingerprint density at radius 3 is 2.54 bits per heavy atom. The lowest BCUT2D eigenvalue weighted by molar-refractivity contribution is -0.142. The van der Waals surface area contributed by atoms with Crippen molar-refractivity contribution in [3.63, 3.8) is 0 Å². The molecule has 2 heteroatoms. The Morgan fingerprint density at radius 1 is 1.38 bits per heavy atom. The smallest absolute Gasteiger partial charge is 0.187 e. The molecule has 0 N–H and O–H groups in total. The fourth-order valence-electron chi connectivity index (χ4n) is 1.54. The predicted molar refractivity (Wildman–Crippen MR) is 52.6 cm³/mol. The monoisotopic (exact) mass is 182 g/mol. The summed E-state index contributed by atoms with van der Waals surface area (Å²) in [5.41, 5.74) is 0.496. The average molecular weight is 182 g/mol. The number of ketones is 1. The highest BCUT2D eigenvalue weighted by Crippen LogP contribution is 2.25. The molecule has 0 spiro atoms. The number of allylic oxidation sites excluding steroid dienone is 1. The molecule has 0 aromatic carbocycles. The molecule has 13 heavy (non-hydrogen) atoms. The molecule has 1 atom stereocenters. The topological polar surface area (TPSA) is 26.3 Å². The molecule has 0 aromatic heterocycles. The van der Waals surface area contributed by atoms with E-state index in [2.05, 4.69) is 0 Å². The lowest BCUT2D eigenvalue weighted by Crippen LogP contribution is -2.40. The summed E-state index contributed by atoms with van der Waals surface area (Å²) in [6, 6.07) is 0. The van der Waals surface area contributed by atoms with Crippen LogP contribution >= 0.6 is 0 Å². The Hall–Kier alpha value is -0.630. The first-order valence-corrected chi connectivity index (χ1v) is 4.88. The summed E-state index contributed by atoms with van der Waals surface area (Å²) >= 11 is 0. The lowest BCUT2D eigenvalue weighted by Gasteiger charge is -2.31. The molecule has 1 heterocycles. The highest BCUT2D eigenvalue weighted by atomic mass is 16.5. The zero-order chi connectivity index (χ0) is 9.90. The van der Waals surface area contributed by atoms with Gasteiger partial charge in [0, 0.05) is 6.61 Å². The van der Waals surface area contributed by atoms with Crippen molar-refractivity contribution in [1.82, 2.24) is 0 Å². The molecular weight excluding hydrogens is 164 g/mol. The minimum Gasteiger partial charge on any atom is -0.367 e. The van der Waals surface area contributed by atoms with Crippen LogP contribution in [0.2, 0.25) is 0 Å². The Kier molecular flexibility index (Phi) is 3.26. The fourth-order valence-corrected chi connectivity index (χ4v) is 1.54. The van der Waals surface area contributed by atoms with Crippen molar-refractivity contribution in [3.8, 4) is 0 Å². The molecule has 1 rings (SSSR count). The molecule has 0 saturated carbocycles. The first-order chi connectivity index (χ1) is 6.04.